The number of aromatic hydroxyl groups is 1. The van der Waals surface area contributed by atoms with E-state index >= 15 is 0 Å². The number of ether oxygens (including phenoxy) is 2. The highest BCUT2D eigenvalue weighted by Gasteiger charge is 2.29. The first-order chi connectivity index (χ1) is 12.5. The maximum absolute atomic E-state index is 10.6. The molecule has 2 aliphatic carbocycles. The van der Waals surface area contributed by atoms with Crippen molar-refractivity contribution >= 4 is 5.57 Å². The Bertz CT molecular complexity index is 773. The van der Waals surface area contributed by atoms with E-state index in [4.69, 9.17) is 9.47 Å². The van der Waals surface area contributed by atoms with E-state index in [2.05, 4.69) is 0 Å². The topological polar surface area (TPSA) is 79.2 Å². The predicted octanol–water partition coefficient (Wildman–Crippen LogP) is 3.97. The van der Waals surface area contributed by atoms with E-state index < -0.39 is 0 Å². The normalized spacial score (nSPS) is 23.3. The van der Waals surface area contributed by atoms with Crippen LogP contribution >= 0.6 is 0 Å². The van der Waals surface area contributed by atoms with Crippen LogP contribution in [-0.4, -0.2) is 35.6 Å². The Morgan fingerprint density at radius 1 is 1.04 bits per heavy atom. The van der Waals surface area contributed by atoms with E-state index in [0.29, 0.717) is 24.2 Å². The van der Waals surface area contributed by atoms with Crippen LogP contribution in [0.3, 0.4) is 0 Å². The van der Waals surface area contributed by atoms with Crippen molar-refractivity contribution in [3.05, 3.63) is 58.3 Å². The smallest absolute Gasteiger partial charge is 0.203 e. The highest BCUT2D eigenvalue weighted by Crippen LogP contribution is 2.42. The van der Waals surface area contributed by atoms with Gasteiger partial charge in [-0.3, -0.25) is 0 Å². The third-order valence-electron chi connectivity index (χ3n) is 5.06. The van der Waals surface area contributed by atoms with Crippen LogP contribution in [0.2, 0.25) is 0 Å². The monoisotopic (exact) mass is 358 g/mol. The summed E-state index contributed by atoms with van der Waals surface area (Å²) in [6.45, 7) is 0. The summed E-state index contributed by atoms with van der Waals surface area (Å²) in [6.07, 6.45) is 5.83. The molecular formula is C21H26O5. The van der Waals surface area contributed by atoms with Crippen molar-refractivity contribution < 1.29 is 24.8 Å². The van der Waals surface area contributed by atoms with Crippen molar-refractivity contribution in [3.63, 3.8) is 0 Å². The van der Waals surface area contributed by atoms with E-state index in [1.165, 1.54) is 14.2 Å². The van der Waals surface area contributed by atoms with Gasteiger partial charge in [-0.05, 0) is 55.4 Å². The molecule has 3 rings (SSSR count). The molecule has 0 aliphatic heterocycles. The van der Waals surface area contributed by atoms with Crippen molar-refractivity contribution in [2.75, 3.05) is 14.2 Å². The van der Waals surface area contributed by atoms with Crippen LogP contribution in [0.4, 0.5) is 0 Å². The van der Waals surface area contributed by atoms with Crippen molar-refractivity contribution in [3.8, 4) is 5.75 Å². The maximum atomic E-state index is 10.6. The molecule has 0 unspecified atom stereocenters. The van der Waals surface area contributed by atoms with Crippen LogP contribution in [0.25, 0.3) is 5.57 Å². The number of methoxy groups -OCH3 is 2. The van der Waals surface area contributed by atoms with Gasteiger partial charge in [0.05, 0.1) is 20.3 Å². The standard InChI is InChI=1S/C21H26O5/c1-25-20-17-12-14(19(24)21(20)26-2)5-3-4-6-15(22)9-7-13-8-10-18(23)16(17)11-13/h5,8,10-11,15,22-24H,3-4,6-7,9,12H2,1-2H3/b14-5+/t15-/m1/s1. The van der Waals surface area contributed by atoms with Gasteiger partial charge < -0.3 is 24.8 Å². The second kappa shape index (κ2) is 7.87. The molecule has 0 amide bonds. The number of benzene rings is 1. The van der Waals surface area contributed by atoms with Gasteiger partial charge in [0, 0.05) is 17.6 Å². The molecule has 0 spiro atoms. The third kappa shape index (κ3) is 3.58. The molecule has 0 aromatic heterocycles. The molecule has 26 heavy (non-hydrogen) atoms. The zero-order valence-electron chi connectivity index (χ0n) is 15.3. The van der Waals surface area contributed by atoms with Gasteiger partial charge in [-0.15, -0.1) is 0 Å². The SMILES string of the molecule is COC1=C(O)/C2=C/CCC[C@@H](O)CCc3ccc(O)c(c3)C(=C1OC)C2. The highest BCUT2D eigenvalue weighted by atomic mass is 16.5. The lowest BCUT2D eigenvalue weighted by molar-refractivity contribution is 0.152. The molecule has 0 saturated carbocycles. The summed E-state index contributed by atoms with van der Waals surface area (Å²) in [5, 5.41) is 31.2. The first kappa shape index (κ1) is 18.4. The first-order valence-electron chi connectivity index (χ1n) is 8.99. The maximum Gasteiger partial charge on any atom is 0.203 e. The van der Waals surface area contributed by atoms with E-state index in [0.717, 1.165) is 42.4 Å². The molecule has 2 aliphatic rings. The first-order valence-corrected chi connectivity index (χ1v) is 8.99. The number of aliphatic hydroxyl groups excluding tert-OH is 2. The molecular weight excluding hydrogens is 332 g/mol. The van der Waals surface area contributed by atoms with E-state index in [1.54, 1.807) is 6.07 Å². The molecule has 5 heteroatoms. The van der Waals surface area contributed by atoms with Crippen molar-refractivity contribution in [1.29, 1.82) is 0 Å². The summed E-state index contributed by atoms with van der Waals surface area (Å²) in [5.74, 6) is 0.938. The van der Waals surface area contributed by atoms with Crippen LogP contribution in [0.1, 0.15) is 43.2 Å². The zero-order valence-corrected chi connectivity index (χ0v) is 15.3. The van der Waals surface area contributed by atoms with Gasteiger partial charge in [0.1, 0.15) is 5.75 Å². The summed E-state index contributed by atoms with van der Waals surface area (Å²) in [6, 6.07) is 5.48. The average molecular weight is 358 g/mol. The van der Waals surface area contributed by atoms with Gasteiger partial charge in [0.25, 0.3) is 0 Å². The summed E-state index contributed by atoms with van der Waals surface area (Å²) >= 11 is 0. The van der Waals surface area contributed by atoms with Crippen molar-refractivity contribution in [2.45, 2.75) is 44.6 Å². The molecule has 1 aromatic carbocycles. The third-order valence-corrected chi connectivity index (χ3v) is 5.06. The molecule has 1 aromatic rings. The van der Waals surface area contributed by atoms with Gasteiger partial charge in [0.2, 0.25) is 5.76 Å². The fourth-order valence-electron chi connectivity index (χ4n) is 3.62. The van der Waals surface area contributed by atoms with Crippen molar-refractivity contribution in [1.82, 2.24) is 0 Å². The summed E-state index contributed by atoms with van der Waals surface area (Å²) in [5.41, 5.74) is 3.24. The molecule has 3 N–H and O–H groups in total. The zero-order chi connectivity index (χ0) is 18.7. The minimum Gasteiger partial charge on any atom is -0.507 e. The second-order valence-corrected chi connectivity index (χ2v) is 6.77. The molecule has 140 valence electrons. The lowest BCUT2D eigenvalue weighted by Crippen LogP contribution is -2.12. The van der Waals surface area contributed by atoms with Crippen LogP contribution in [-0.2, 0) is 15.9 Å². The summed E-state index contributed by atoms with van der Waals surface area (Å²) in [7, 11) is 3.02. The van der Waals surface area contributed by atoms with E-state index in [9.17, 15) is 15.3 Å². The van der Waals surface area contributed by atoms with E-state index in [1.807, 2.05) is 18.2 Å². The number of phenols is 1. The van der Waals surface area contributed by atoms with Crippen LogP contribution in [0.15, 0.2) is 47.1 Å². The largest absolute Gasteiger partial charge is 0.507 e. The van der Waals surface area contributed by atoms with Crippen LogP contribution < -0.4 is 0 Å². The fraction of sp³-hybridized carbons (Fsp3) is 0.429. The van der Waals surface area contributed by atoms with Gasteiger partial charge in [-0.2, -0.15) is 0 Å². The molecule has 1 atom stereocenters. The number of allylic oxidation sites excluding steroid dienone is 3. The van der Waals surface area contributed by atoms with Crippen molar-refractivity contribution in [2.24, 2.45) is 0 Å². The van der Waals surface area contributed by atoms with Gasteiger partial charge >= 0.3 is 0 Å². The number of phenolic OH excluding ortho intramolecular Hbond substituents is 1. The molecule has 0 radical (unpaired) electrons. The second-order valence-electron chi connectivity index (χ2n) is 6.77. The van der Waals surface area contributed by atoms with Gasteiger partial charge in [-0.25, -0.2) is 0 Å². The fourth-order valence-corrected chi connectivity index (χ4v) is 3.62. The Labute approximate surface area is 153 Å². The Kier molecular flexibility index (Phi) is 5.57. The predicted molar refractivity (Wildman–Crippen MR) is 99.6 cm³/mol. The average Bonchev–Trinajstić information content (AvgIpc) is 2.65. The molecule has 0 saturated heterocycles. The number of rotatable bonds is 2. The minimum absolute atomic E-state index is 0.0687. The number of aryl methyl sites for hydroxylation is 1. The van der Waals surface area contributed by atoms with Crippen LogP contribution in [0, 0.1) is 0 Å². The quantitative estimate of drug-likeness (QED) is 0.745. The number of aliphatic hydroxyl groups is 2. The highest BCUT2D eigenvalue weighted by molar-refractivity contribution is 5.79. The molecule has 5 nitrogen and oxygen atoms in total. The summed E-state index contributed by atoms with van der Waals surface area (Å²) in [4.78, 5) is 0. The lowest BCUT2D eigenvalue weighted by Gasteiger charge is -2.24. The lowest BCUT2D eigenvalue weighted by atomic mass is 9.88. The van der Waals surface area contributed by atoms with Gasteiger partial charge in [0.15, 0.2) is 11.5 Å². The Morgan fingerprint density at radius 2 is 1.81 bits per heavy atom. The van der Waals surface area contributed by atoms with Crippen LogP contribution in [0.5, 0.6) is 5.75 Å². The number of hydrogen-bond acceptors (Lipinski definition) is 5. The molecule has 0 heterocycles. The van der Waals surface area contributed by atoms with Gasteiger partial charge in [-0.1, -0.05) is 12.1 Å². The molecule has 4 bridgehead atoms. The number of fused-ring (bicyclic) bond motifs is 5. The number of hydrogen-bond donors (Lipinski definition) is 3. The Balaban J connectivity index is 2.19. The Hall–Kier alpha value is -2.40. The van der Waals surface area contributed by atoms with E-state index in [-0.39, 0.29) is 23.4 Å². The minimum atomic E-state index is -0.349. The Morgan fingerprint density at radius 3 is 2.54 bits per heavy atom. The molecule has 0 fully saturated rings. The summed E-state index contributed by atoms with van der Waals surface area (Å²) < 4.78 is 10.9.